The zero-order valence-corrected chi connectivity index (χ0v) is 18.4. The van der Waals surface area contributed by atoms with Gasteiger partial charge in [0, 0.05) is 28.7 Å². The van der Waals surface area contributed by atoms with E-state index in [1.165, 1.54) is 12.4 Å². The number of carbonyl (C=O) groups excluding carboxylic acids is 1. The first-order chi connectivity index (χ1) is 15.5. The second-order valence-corrected chi connectivity index (χ2v) is 7.76. The number of amides is 1. The van der Waals surface area contributed by atoms with E-state index in [4.69, 9.17) is 23.2 Å². The molecule has 0 radical (unpaired) electrons. The van der Waals surface area contributed by atoms with Crippen molar-refractivity contribution in [3.05, 3.63) is 94.4 Å². The number of nitrogens with one attached hydrogen (secondary N) is 3. The summed E-state index contributed by atoms with van der Waals surface area (Å²) in [6.07, 6.45) is 3.20. The molecule has 32 heavy (non-hydrogen) atoms. The van der Waals surface area contributed by atoms with Gasteiger partial charge in [-0.3, -0.25) is 4.79 Å². The molecule has 1 amide bonds. The van der Waals surface area contributed by atoms with E-state index in [-0.39, 0.29) is 5.91 Å². The summed E-state index contributed by atoms with van der Waals surface area (Å²) in [5.41, 5.74) is 2.87. The Hall–Kier alpha value is -3.68. The summed E-state index contributed by atoms with van der Waals surface area (Å²) < 4.78 is 0. The summed E-state index contributed by atoms with van der Waals surface area (Å²) in [6, 6.07) is 17.6. The molecule has 2 aromatic heterocycles. The van der Waals surface area contributed by atoms with E-state index in [9.17, 15) is 4.79 Å². The Kier molecular flexibility index (Phi) is 6.49. The van der Waals surface area contributed by atoms with Crippen molar-refractivity contribution < 1.29 is 4.79 Å². The highest BCUT2D eigenvalue weighted by molar-refractivity contribution is 6.37. The van der Waals surface area contributed by atoms with Crippen LogP contribution in [-0.2, 0) is 0 Å². The summed E-state index contributed by atoms with van der Waals surface area (Å²) in [6.45, 7) is 2.00. The minimum atomic E-state index is -0.316. The average Bonchev–Trinajstić information content (AvgIpc) is 2.75. The van der Waals surface area contributed by atoms with Gasteiger partial charge in [0.1, 0.15) is 23.8 Å². The molecule has 9 heteroatoms. The number of aromatic nitrogens is 3. The summed E-state index contributed by atoms with van der Waals surface area (Å²) in [7, 11) is 0. The summed E-state index contributed by atoms with van der Waals surface area (Å²) >= 11 is 12.0. The molecular formula is C23H18Cl2N6O. The Morgan fingerprint density at radius 3 is 2.19 bits per heavy atom. The number of pyridine rings is 1. The van der Waals surface area contributed by atoms with Crippen molar-refractivity contribution in [3.63, 3.8) is 0 Å². The second kappa shape index (κ2) is 9.64. The summed E-state index contributed by atoms with van der Waals surface area (Å²) in [5, 5.41) is 9.95. The molecular weight excluding hydrogens is 447 g/mol. The first kappa shape index (κ1) is 21.5. The molecule has 2 heterocycles. The van der Waals surface area contributed by atoms with E-state index in [0.29, 0.717) is 38.7 Å². The van der Waals surface area contributed by atoms with Crippen molar-refractivity contribution in [1.29, 1.82) is 0 Å². The first-order valence-corrected chi connectivity index (χ1v) is 10.4. The van der Waals surface area contributed by atoms with Crippen molar-refractivity contribution in [3.8, 4) is 0 Å². The number of rotatable bonds is 6. The minimum Gasteiger partial charge on any atom is -0.340 e. The number of carbonyl (C=O) groups is 1. The van der Waals surface area contributed by atoms with E-state index >= 15 is 0 Å². The minimum absolute atomic E-state index is 0.294. The van der Waals surface area contributed by atoms with Gasteiger partial charge in [-0.25, -0.2) is 15.0 Å². The van der Waals surface area contributed by atoms with Gasteiger partial charge in [0.2, 0.25) is 0 Å². The van der Waals surface area contributed by atoms with Gasteiger partial charge in [0.05, 0.1) is 10.6 Å². The van der Waals surface area contributed by atoms with Crippen LogP contribution >= 0.6 is 23.2 Å². The summed E-state index contributed by atoms with van der Waals surface area (Å²) in [4.78, 5) is 25.2. The molecule has 7 nitrogen and oxygen atoms in total. The van der Waals surface area contributed by atoms with E-state index in [1.807, 2.05) is 31.2 Å². The standard InChI is InChI=1S/C23H18Cl2N6O/c1-14-8-9-26-20(10-14)31-22-12-21(27-13-28-22)29-16-3-5-17(6-4-16)30-23(32)18-7-2-15(24)11-19(18)25/h2-13H,1H3,(H,30,32)(H2,26,27,28,29,31). The lowest BCUT2D eigenvalue weighted by Crippen LogP contribution is -2.12. The maximum Gasteiger partial charge on any atom is 0.257 e. The molecule has 0 saturated carbocycles. The van der Waals surface area contributed by atoms with Crippen molar-refractivity contribution >= 4 is 57.9 Å². The second-order valence-electron chi connectivity index (χ2n) is 6.91. The number of hydrogen-bond acceptors (Lipinski definition) is 6. The van der Waals surface area contributed by atoms with Crippen LogP contribution in [0.5, 0.6) is 0 Å². The monoisotopic (exact) mass is 464 g/mol. The smallest absolute Gasteiger partial charge is 0.257 e. The van der Waals surface area contributed by atoms with E-state index in [1.54, 1.807) is 36.5 Å². The fourth-order valence-electron chi connectivity index (χ4n) is 2.89. The Morgan fingerprint density at radius 2 is 1.47 bits per heavy atom. The predicted octanol–water partition coefficient (Wildman–Crippen LogP) is 6.23. The molecule has 2 aromatic carbocycles. The van der Waals surface area contributed by atoms with Crippen molar-refractivity contribution in [2.75, 3.05) is 16.0 Å². The van der Waals surface area contributed by atoms with Crippen LogP contribution in [0.3, 0.4) is 0 Å². The largest absolute Gasteiger partial charge is 0.340 e. The maximum absolute atomic E-state index is 12.4. The molecule has 0 spiro atoms. The molecule has 0 aliphatic carbocycles. The zero-order chi connectivity index (χ0) is 22.5. The van der Waals surface area contributed by atoms with Crippen LogP contribution in [0.1, 0.15) is 15.9 Å². The lowest BCUT2D eigenvalue weighted by molar-refractivity contribution is 0.102. The topological polar surface area (TPSA) is 91.8 Å². The van der Waals surface area contributed by atoms with Crippen LogP contribution in [-0.4, -0.2) is 20.9 Å². The SMILES string of the molecule is Cc1ccnc(Nc2cc(Nc3ccc(NC(=O)c4ccc(Cl)cc4Cl)cc3)ncn2)c1. The lowest BCUT2D eigenvalue weighted by atomic mass is 10.2. The fourth-order valence-corrected chi connectivity index (χ4v) is 3.38. The fraction of sp³-hybridized carbons (Fsp3) is 0.0435. The van der Waals surface area contributed by atoms with Gasteiger partial charge in [-0.05, 0) is 67.1 Å². The normalized spacial score (nSPS) is 10.5. The highest BCUT2D eigenvalue weighted by Crippen LogP contribution is 2.23. The molecule has 160 valence electrons. The quantitative estimate of drug-likeness (QED) is 0.313. The molecule has 0 aliphatic rings. The van der Waals surface area contributed by atoms with Gasteiger partial charge < -0.3 is 16.0 Å². The first-order valence-electron chi connectivity index (χ1n) is 9.61. The molecule has 0 atom stereocenters. The van der Waals surface area contributed by atoms with Gasteiger partial charge in [0.25, 0.3) is 5.91 Å². The molecule has 0 aliphatic heterocycles. The van der Waals surface area contributed by atoms with Gasteiger partial charge >= 0.3 is 0 Å². The van der Waals surface area contributed by atoms with E-state index < -0.39 is 0 Å². The lowest BCUT2D eigenvalue weighted by Gasteiger charge is -2.10. The van der Waals surface area contributed by atoms with Gasteiger partial charge in [0.15, 0.2) is 0 Å². The Bertz CT molecular complexity index is 1260. The van der Waals surface area contributed by atoms with Crippen molar-refractivity contribution in [2.45, 2.75) is 6.92 Å². The number of aryl methyl sites for hydroxylation is 1. The summed E-state index contributed by atoms with van der Waals surface area (Å²) in [5.74, 6) is 1.61. The highest BCUT2D eigenvalue weighted by atomic mass is 35.5. The molecule has 0 saturated heterocycles. The Balaban J connectivity index is 1.41. The Labute approximate surface area is 194 Å². The van der Waals surface area contributed by atoms with Crippen LogP contribution < -0.4 is 16.0 Å². The maximum atomic E-state index is 12.4. The number of anilines is 5. The Morgan fingerprint density at radius 1 is 0.781 bits per heavy atom. The van der Waals surface area contributed by atoms with Crippen LogP contribution in [0.15, 0.2) is 73.2 Å². The molecule has 4 aromatic rings. The molecule has 3 N–H and O–H groups in total. The number of hydrogen-bond donors (Lipinski definition) is 3. The van der Waals surface area contributed by atoms with Crippen LogP contribution in [0.4, 0.5) is 28.8 Å². The van der Waals surface area contributed by atoms with Crippen LogP contribution in [0, 0.1) is 6.92 Å². The number of halogens is 2. The van der Waals surface area contributed by atoms with Crippen molar-refractivity contribution in [1.82, 2.24) is 15.0 Å². The third-order valence-electron chi connectivity index (χ3n) is 4.43. The highest BCUT2D eigenvalue weighted by Gasteiger charge is 2.11. The molecule has 0 bridgehead atoms. The van der Waals surface area contributed by atoms with Crippen LogP contribution in [0.2, 0.25) is 10.0 Å². The molecule has 0 fully saturated rings. The van der Waals surface area contributed by atoms with E-state index in [0.717, 1.165) is 11.3 Å². The predicted molar refractivity (Wildman–Crippen MR) is 128 cm³/mol. The molecule has 0 unspecified atom stereocenters. The number of nitrogens with zero attached hydrogens (tertiary/aromatic N) is 3. The van der Waals surface area contributed by atoms with Gasteiger partial charge in [-0.2, -0.15) is 0 Å². The zero-order valence-electron chi connectivity index (χ0n) is 16.9. The van der Waals surface area contributed by atoms with Gasteiger partial charge in [-0.1, -0.05) is 23.2 Å². The average molecular weight is 465 g/mol. The van der Waals surface area contributed by atoms with Gasteiger partial charge in [-0.15, -0.1) is 0 Å². The number of benzene rings is 2. The molecule has 4 rings (SSSR count). The van der Waals surface area contributed by atoms with E-state index in [2.05, 4.69) is 30.9 Å². The third-order valence-corrected chi connectivity index (χ3v) is 4.98. The van der Waals surface area contributed by atoms with Crippen LogP contribution in [0.25, 0.3) is 0 Å². The third kappa shape index (κ3) is 5.51. The van der Waals surface area contributed by atoms with Crippen molar-refractivity contribution in [2.24, 2.45) is 0 Å².